The van der Waals surface area contributed by atoms with Crippen LogP contribution in [0.1, 0.15) is 18.9 Å². The number of hydrogen-bond donors (Lipinski definition) is 1. The van der Waals surface area contributed by atoms with Crippen molar-refractivity contribution in [2.75, 3.05) is 6.61 Å². The molecule has 0 spiro atoms. The first-order valence-electron chi connectivity index (χ1n) is 6.10. The topological polar surface area (TPSA) is 46.5 Å². The van der Waals surface area contributed by atoms with Crippen molar-refractivity contribution in [1.29, 1.82) is 0 Å². The largest absolute Gasteiger partial charge is 0.498 e. The predicted molar refractivity (Wildman–Crippen MR) is 71.7 cm³/mol. The summed E-state index contributed by atoms with van der Waals surface area (Å²) in [5.41, 5.74) is 1.14. The zero-order valence-electron chi connectivity index (χ0n) is 10.6. The van der Waals surface area contributed by atoms with E-state index in [-0.39, 0.29) is 5.25 Å². The van der Waals surface area contributed by atoms with E-state index in [9.17, 15) is 9.32 Å². The fraction of sp³-hybridized carbons (Fsp3) is 0.429. The van der Waals surface area contributed by atoms with Gasteiger partial charge in [0.15, 0.2) is 0 Å². The molecule has 98 valence electrons. The van der Waals surface area contributed by atoms with E-state index in [0.717, 1.165) is 16.2 Å². The van der Waals surface area contributed by atoms with Crippen LogP contribution in [-0.4, -0.2) is 27.3 Å². The fourth-order valence-electron chi connectivity index (χ4n) is 2.03. The van der Waals surface area contributed by atoms with Crippen molar-refractivity contribution in [3.8, 4) is 0 Å². The molecule has 0 radical (unpaired) electrons. The van der Waals surface area contributed by atoms with E-state index in [2.05, 4.69) is 0 Å². The molecule has 1 aliphatic carbocycles. The Kier molecular flexibility index (Phi) is 4.19. The third-order valence-electron chi connectivity index (χ3n) is 3.00. The minimum absolute atomic E-state index is 0.297. The highest BCUT2D eigenvalue weighted by molar-refractivity contribution is 7.85. The number of aryl methyl sites for hydroxylation is 1. The van der Waals surface area contributed by atoms with Gasteiger partial charge in [-0.15, -0.1) is 0 Å². The highest BCUT2D eigenvalue weighted by Gasteiger charge is 2.32. The van der Waals surface area contributed by atoms with Gasteiger partial charge in [0.2, 0.25) is 0 Å². The molecule has 0 saturated heterocycles. The molecule has 2 rings (SSSR count). The molecule has 0 amide bonds. The van der Waals surface area contributed by atoms with Gasteiger partial charge in [0.05, 0.1) is 34.5 Å². The molecule has 18 heavy (non-hydrogen) atoms. The number of aliphatic hydroxyl groups excluding tert-OH is 1. The number of rotatable bonds is 4. The zero-order chi connectivity index (χ0) is 13.1. The van der Waals surface area contributed by atoms with E-state index in [1.165, 1.54) is 0 Å². The molecular weight excluding hydrogens is 248 g/mol. The fourth-order valence-corrected chi connectivity index (χ4v) is 3.43. The lowest BCUT2D eigenvalue weighted by Crippen LogP contribution is -2.25. The van der Waals surface area contributed by atoms with Gasteiger partial charge in [-0.1, -0.05) is 17.7 Å². The number of benzene rings is 1. The molecular formula is C14H18O3S. The lowest BCUT2D eigenvalue weighted by molar-refractivity contribution is 0.221. The average Bonchev–Trinajstić information content (AvgIpc) is 2.71. The second-order valence-electron chi connectivity index (χ2n) is 4.41. The highest BCUT2D eigenvalue weighted by Crippen LogP contribution is 2.27. The maximum Gasteiger partial charge on any atom is 0.0959 e. The molecule has 1 N–H and O–H groups in total. The molecule has 3 atom stereocenters. The maximum absolute atomic E-state index is 12.4. The molecule has 1 aliphatic rings. The molecule has 1 aromatic carbocycles. The van der Waals surface area contributed by atoms with Gasteiger partial charge in [-0.05, 0) is 32.1 Å². The lowest BCUT2D eigenvalue weighted by Gasteiger charge is -2.14. The molecule has 0 bridgehead atoms. The van der Waals surface area contributed by atoms with Crippen LogP contribution >= 0.6 is 0 Å². The molecule has 0 aromatic heterocycles. The van der Waals surface area contributed by atoms with Gasteiger partial charge in [0.25, 0.3) is 0 Å². The Morgan fingerprint density at radius 2 is 2.06 bits per heavy atom. The summed E-state index contributed by atoms with van der Waals surface area (Å²) in [5, 5.41) is 9.63. The van der Waals surface area contributed by atoms with E-state index in [4.69, 9.17) is 4.74 Å². The second-order valence-corrected chi connectivity index (χ2v) is 6.08. The van der Waals surface area contributed by atoms with E-state index >= 15 is 0 Å². The van der Waals surface area contributed by atoms with Crippen molar-refractivity contribution in [2.45, 2.75) is 36.5 Å². The first-order chi connectivity index (χ1) is 8.61. The minimum Gasteiger partial charge on any atom is -0.498 e. The first-order valence-corrected chi connectivity index (χ1v) is 7.32. The summed E-state index contributed by atoms with van der Waals surface area (Å²) < 4.78 is 17.8. The van der Waals surface area contributed by atoms with Crippen molar-refractivity contribution in [3.05, 3.63) is 41.7 Å². The summed E-state index contributed by atoms with van der Waals surface area (Å²) in [7, 11) is -1.20. The monoisotopic (exact) mass is 266 g/mol. The van der Waals surface area contributed by atoms with Gasteiger partial charge in [0.1, 0.15) is 0 Å². The number of hydrogen-bond acceptors (Lipinski definition) is 3. The molecule has 1 aromatic rings. The third-order valence-corrected chi connectivity index (χ3v) is 4.73. The molecule has 0 saturated carbocycles. The van der Waals surface area contributed by atoms with Crippen LogP contribution in [0.25, 0.3) is 0 Å². The van der Waals surface area contributed by atoms with Gasteiger partial charge in [-0.3, -0.25) is 4.21 Å². The van der Waals surface area contributed by atoms with Crippen molar-refractivity contribution in [2.24, 2.45) is 0 Å². The molecule has 4 heteroatoms. The van der Waals surface area contributed by atoms with E-state index < -0.39 is 16.9 Å². The van der Waals surface area contributed by atoms with E-state index in [0.29, 0.717) is 13.0 Å². The van der Waals surface area contributed by atoms with Crippen LogP contribution in [0.3, 0.4) is 0 Å². The molecule has 0 fully saturated rings. The average molecular weight is 266 g/mol. The summed E-state index contributed by atoms with van der Waals surface area (Å²) in [6.45, 7) is 4.46. The quantitative estimate of drug-likeness (QED) is 0.908. The molecule has 0 aliphatic heterocycles. The van der Waals surface area contributed by atoms with Crippen molar-refractivity contribution < 1.29 is 14.1 Å². The summed E-state index contributed by atoms with van der Waals surface area (Å²) in [4.78, 5) is 0.760. The second kappa shape index (κ2) is 5.67. The first kappa shape index (κ1) is 13.3. The van der Waals surface area contributed by atoms with Gasteiger partial charge >= 0.3 is 0 Å². The van der Waals surface area contributed by atoms with E-state index in [1.54, 1.807) is 6.08 Å². The Morgan fingerprint density at radius 3 is 2.67 bits per heavy atom. The highest BCUT2D eigenvalue weighted by atomic mass is 32.2. The van der Waals surface area contributed by atoms with Crippen LogP contribution in [0.4, 0.5) is 0 Å². The predicted octanol–water partition coefficient (Wildman–Crippen LogP) is 2.16. The van der Waals surface area contributed by atoms with Crippen molar-refractivity contribution in [1.82, 2.24) is 0 Å². The normalized spacial score (nSPS) is 24.7. The van der Waals surface area contributed by atoms with Gasteiger partial charge in [-0.2, -0.15) is 0 Å². The summed E-state index contributed by atoms with van der Waals surface area (Å²) in [6.07, 6.45) is 1.52. The van der Waals surface area contributed by atoms with Crippen molar-refractivity contribution >= 4 is 10.8 Å². The Bertz CT molecular complexity index is 464. The van der Waals surface area contributed by atoms with Gasteiger partial charge < -0.3 is 9.84 Å². The SMILES string of the molecule is CCOC1=C[C@H](O)[C@@H]([S@](=O)c2ccc(C)cc2)C1. The summed E-state index contributed by atoms with van der Waals surface area (Å²) in [5.74, 6) is 0.746. The maximum atomic E-state index is 12.4. The van der Waals surface area contributed by atoms with Crippen LogP contribution in [0.5, 0.6) is 0 Å². The van der Waals surface area contributed by atoms with Crippen LogP contribution < -0.4 is 0 Å². The van der Waals surface area contributed by atoms with Crippen LogP contribution in [-0.2, 0) is 15.5 Å². The number of aliphatic hydroxyl groups is 1. The third kappa shape index (κ3) is 2.82. The molecule has 0 unspecified atom stereocenters. The standard InChI is InChI=1S/C14H18O3S/c1-3-17-11-8-13(15)14(9-11)18(16)12-6-4-10(2)5-7-12/h4-8,13-15H,3,9H2,1-2H3/t13-,14-,18+/m0/s1. The van der Waals surface area contributed by atoms with Crippen LogP contribution in [0.2, 0.25) is 0 Å². The van der Waals surface area contributed by atoms with Gasteiger partial charge in [0, 0.05) is 11.3 Å². The number of allylic oxidation sites excluding steroid dienone is 1. The Balaban J connectivity index is 2.09. The summed E-state index contributed by atoms with van der Waals surface area (Å²) in [6, 6.07) is 7.59. The number of ether oxygens (including phenoxy) is 1. The van der Waals surface area contributed by atoms with Crippen LogP contribution in [0.15, 0.2) is 41.0 Å². The summed E-state index contributed by atoms with van der Waals surface area (Å²) >= 11 is 0. The Labute approximate surface area is 110 Å². The van der Waals surface area contributed by atoms with E-state index in [1.807, 2.05) is 38.1 Å². The van der Waals surface area contributed by atoms with Gasteiger partial charge in [-0.25, -0.2) is 0 Å². The molecule has 3 nitrogen and oxygen atoms in total. The zero-order valence-corrected chi connectivity index (χ0v) is 11.4. The Hall–Kier alpha value is -1.13. The molecule has 0 heterocycles. The Morgan fingerprint density at radius 1 is 1.39 bits per heavy atom. The van der Waals surface area contributed by atoms with Crippen molar-refractivity contribution in [3.63, 3.8) is 0 Å². The lowest BCUT2D eigenvalue weighted by atomic mass is 10.2. The van der Waals surface area contributed by atoms with Crippen LogP contribution in [0, 0.1) is 6.92 Å². The minimum atomic E-state index is -1.20. The smallest absolute Gasteiger partial charge is 0.0959 e.